The van der Waals surface area contributed by atoms with E-state index in [1.165, 1.54) is 0 Å². The molecule has 3 unspecified atom stereocenters. The second-order valence-electron chi connectivity index (χ2n) is 3.43. The Labute approximate surface area is 78.0 Å². The molecule has 0 saturated heterocycles. The van der Waals surface area contributed by atoms with Crippen LogP contribution in [-0.2, 0) is 10.1 Å². The number of hydrogen-bond donors (Lipinski definition) is 2. The highest BCUT2D eigenvalue weighted by Crippen LogP contribution is 2.29. The van der Waals surface area contributed by atoms with Crippen molar-refractivity contribution < 1.29 is 18.1 Å². The molecule has 1 rings (SSSR count). The molecule has 1 aliphatic rings. The zero-order valence-electron chi connectivity index (χ0n) is 7.42. The fourth-order valence-electron chi connectivity index (χ4n) is 1.63. The Morgan fingerprint density at radius 3 is 2.62 bits per heavy atom. The van der Waals surface area contributed by atoms with E-state index in [1.807, 2.05) is 19.1 Å². The van der Waals surface area contributed by atoms with E-state index in [0.717, 1.165) is 6.42 Å². The molecule has 0 spiro atoms. The van der Waals surface area contributed by atoms with Crippen LogP contribution in [0.15, 0.2) is 12.2 Å². The van der Waals surface area contributed by atoms with E-state index in [2.05, 4.69) is 0 Å². The van der Waals surface area contributed by atoms with Crippen LogP contribution in [0.1, 0.15) is 19.8 Å². The maximum Gasteiger partial charge on any atom is 0.292 e. The summed E-state index contributed by atoms with van der Waals surface area (Å²) in [6, 6.07) is 0. The lowest BCUT2D eigenvalue weighted by Crippen LogP contribution is -2.33. The van der Waals surface area contributed by atoms with Gasteiger partial charge < -0.3 is 5.11 Å². The predicted octanol–water partition coefficient (Wildman–Crippen LogP) is 0.795. The first-order valence-electron chi connectivity index (χ1n) is 4.24. The van der Waals surface area contributed by atoms with Crippen molar-refractivity contribution in [3.8, 4) is 0 Å². The maximum atomic E-state index is 10.7. The highest BCUT2D eigenvalue weighted by atomic mass is 32.2. The Balaban J connectivity index is 2.78. The van der Waals surface area contributed by atoms with Gasteiger partial charge in [-0.05, 0) is 18.8 Å². The van der Waals surface area contributed by atoms with Crippen LogP contribution in [0.3, 0.4) is 0 Å². The molecule has 0 heterocycles. The van der Waals surface area contributed by atoms with Crippen LogP contribution in [0.5, 0.6) is 0 Å². The van der Waals surface area contributed by atoms with Gasteiger partial charge in [0, 0.05) is 5.92 Å². The summed E-state index contributed by atoms with van der Waals surface area (Å²) in [6.45, 7) is 1.83. The molecule has 0 bridgehead atoms. The molecule has 0 radical (unpaired) electrons. The average molecular weight is 206 g/mol. The zero-order chi connectivity index (χ0) is 10.1. The SMILES string of the molecule is CC1C=CCCC1C(O)S(=O)(=O)O. The van der Waals surface area contributed by atoms with Crippen LogP contribution in [0, 0.1) is 11.8 Å². The van der Waals surface area contributed by atoms with E-state index < -0.39 is 15.6 Å². The van der Waals surface area contributed by atoms with Gasteiger partial charge in [0.1, 0.15) is 0 Å². The summed E-state index contributed by atoms with van der Waals surface area (Å²) in [4.78, 5) is 0. The third-order valence-electron chi connectivity index (χ3n) is 2.45. The lowest BCUT2D eigenvalue weighted by Gasteiger charge is -2.27. The smallest absolute Gasteiger partial charge is 0.292 e. The van der Waals surface area contributed by atoms with Gasteiger partial charge in [-0.25, -0.2) is 0 Å². The van der Waals surface area contributed by atoms with Gasteiger partial charge in [0.25, 0.3) is 10.1 Å². The van der Waals surface area contributed by atoms with Crippen LogP contribution in [0.2, 0.25) is 0 Å². The molecule has 1 aliphatic carbocycles. The Bertz CT molecular complexity index is 293. The molecule has 0 amide bonds. The molecule has 0 aliphatic heterocycles. The summed E-state index contributed by atoms with van der Waals surface area (Å²) in [6.07, 6.45) is 5.17. The predicted molar refractivity (Wildman–Crippen MR) is 48.6 cm³/mol. The monoisotopic (exact) mass is 206 g/mol. The summed E-state index contributed by atoms with van der Waals surface area (Å²) in [5.74, 6) is -0.398. The summed E-state index contributed by atoms with van der Waals surface area (Å²) < 4.78 is 30.0. The third-order valence-corrected chi connectivity index (χ3v) is 3.41. The highest BCUT2D eigenvalue weighted by molar-refractivity contribution is 7.86. The number of allylic oxidation sites excluding steroid dienone is 2. The molecule has 3 atom stereocenters. The van der Waals surface area contributed by atoms with Gasteiger partial charge in [0.05, 0.1) is 0 Å². The molecule has 0 aromatic rings. The van der Waals surface area contributed by atoms with Crippen LogP contribution in [0.4, 0.5) is 0 Å². The second-order valence-corrected chi connectivity index (χ2v) is 4.95. The molecule has 5 heteroatoms. The number of hydrogen-bond acceptors (Lipinski definition) is 3. The normalized spacial score (nSPS) is 31.6. The van der Waals surface area contributed by atoms with Crippen molar-refractivity contribution in [1.29, 1.82) is 0 Å². The molecule has 0 aromatic heterocycles. The molecule has 4 nitrogen and oxygen atoms in total. The minimum absolute atomic E-state index is 0.00863. The first kappa shape index (κ1) is 10.7. The van der Waals surface area contributed by atoms with Gasteiger partial charge in [-0.2, -0.15) is 8.42 Å². The molecule has 0 saturated carbocycles. The molecular formula is C8H14O4S. The van der Waals surface area contributed by atoms with E-state index >= 15 is 0 Å². The number of rotatable bonds is 2. The Kier molecular flexibility index (Phi) is 3.10. The fourth-order valence-corrected chi connectivity index (χ4v) is 2.45. The highest BCUT2D eigenvalue weighted by Gasteiger charge is 2.33. The van der Waals surface area contributed by atoms with Crippen molar-refractivity contribution in [1.82, 2.24) is 0 Å². The standard InChI is InChI=1S/C8H14O4S/c1-6-4-2-3-5-7(6)8(9)13(10,11)12/h2,4,6-9H,3,5H2,1H3,(H,10,11,12). The summed E-state index contributed by atoms with van der Waals surface area (Å²) in [7, 11) is -4.31. The molecule has 13 heavy (non-hydrogen) atoms. The van der Waals surface area contributed by atoms with Crippen LogP contribution >= 0.6 is 0 Å². The van der Waals surface area contributed by atoms with Gasteiger partial charge in [0.2, 0.25) is 0 Å². The third kappa shape index (κ3) is 2.52. The van der Waals surface area contributed by atoms with Gasteiger partial charge in [0.15, 0.2) is 5.44 Å². The summed E-state index contributed by atoms with van der Waals surface area (Å²) >= 11 is 0. The van der Waals surface area contributed by atoms with Gasteiger partial charge in [-0.3, -0.25) is 4.55 Å². The topological polar surface area (TPSA) is 74.6 Å². The van der Waals surface area contributed by atoms with Crippen molar-refractivity contribution in [2.75, 3.05) is 0 Å². The quantitative estimate of drug-likeness (QED) is 0.517. The van der Waals surface area contributed by atoms with E-state index in [-0.39, 0.29) is 11.8 Å². The first-order valence-corrected chi connectivity index (χ1v) is 5.74. The Morgan fingerprint density at radius 2 is 2.15 bits per heavy atom. The van der Waals surface area contributed by atoms with E-state index in [0.29, 0.717) is 6.42 Å². The van der Waals surface area contributed by atoms with Crippen molar-refractivity contribution in [3.05, 3.63) is 12.2 Å². The number of aliphatic hydroxyl groups excluding tert-OH is 1. The molecule has 0 fully saturated rings. The van der Waals surface area contributed by atoms with Crippen molar-refractivity contribution in [3.63, 3.8) is 0 Å². The summed E-state index contributed by atoms with van der Waals surface area (Å²) in [5, 5.41) is 9.31. The van der Waals surface area contributed by atoms with Crippen molar-refractivity contribution in [2.45, 2.75) is 25.2 Å². The molecule has 0 aromatic carbocycles. The fraction of sp³-hybridized carbons (Fsp3) is 0.750. The first-order chi connectivity index (χ1) is 5.93. The van der Waals surface area contributed by atoms with Crippen molar-refractivity contribution in [2.24, 2.45) is 11.8 Å². The van der Waals surface area contributed by atoms with Crippen LogP contribution < -0.4 is 0 Å². The largest absolute Gasteiger partial charge is 0.375 e. The van der Waals surface area contributed by atoms with Gasteiger partial charge in [-0.1, -0.05) is 19.1 Å². The van der Waals surface area contributed by atoms with Gasteiger partial charge in [-0.15, -0.1) is 0 Å². The zero-order valence-corrected chi connectivity index (χ0v) is 8.24. The van der Waals surface area contributed by atoms with Crippen LogP contribution in [0.25, 0.3) is 0 Å². The minimum atomic E-state index is -4.31. The number of aliphatic hydroxyl groups is 1. The lowest BCUT2D eigenvalue weighted by atomic mass is 9.86. The molecular weight excluding hydrogens is 192 g/mol. The Morgan fingerprint density at radius 1 is 1.54 bits per heavy atom. The van der Waals surface area contributed by atoms with E-state index in [1.54, 1.807) is 0 Å². The minimum Gasteiger partial charge on any atom is -0.375 e. The molecule has 2 N–H and O–H groups in total. The van der Waals surface area contributed by atoms with E-state index in [4.69, 9.17) is 4.55 Å². The summed E-state index contributed by atoms with van der Waals surface area (Å²) in [5.41, 5.74) is -1.65. The lowest BCUT2D eigenvalue weighted by molar-refractivity contribution is 0.136. The second kappa shape index (κ2) is 3.77. The average Bonchev–Trinajstić information content (AvgIpc) is 2.02. The van der Waals surface area contributed by atoms with Gasteiger partial charge >= 0.3 is 0 Å². The van der Waals surface area contributed by atoms with Crippen LogP contribution in [-0.4, -0.2) is 23.5 Å². The molecule has 76 valence electrons. The Hall–Kier alpha value is -0.390. The maximum absolute atomic E-state index is 10.7. The van der Waals surface area contributed by atoms with Crippen molar-refractivity contribution >= 4 is 10.1 Å². The van der Waals surface area contributed by atoms with E-state index in [9.17, 15) is 13.5 Å².